The molecular weight excluding hydrogens is 461 g/mol. The summed E-state index contributed by atoms with van der Waals surface area (Å²) in [6.45, 7) is 3.98. The van der Waals surface area contributed by atoms with Gasteiger partial charge in [-0.15, -0.1) is 11.8 Å². The Kier molecular flexibility index (Phi) is 7.32. The first-order valence-corrected chi connectivity index (χ1v) is 10.9. The minimum atomic E-state index is -1.14. The van der Waals surface area contributed by atoms with Crippen molar-refractivity contribution in [2.45, 2.75) is 42.1 Å². The normalized spacial score (nSPS) is 25.8. The second-order valence-electron chi connectivity index (χ2n) is 8.26. The Morgan fingerprint density at radius 2 is 1.88 bits per heavy atom. The van der Waals surface area contributed by atoms with Gasteiger partial charge >= 0.3 is 47.6 Å². The maximum absolute atomic E-state index is 13.1. The third-order valence-corrected chi connectivity index (χ3v) is 7.31. The van der Waals surface area contributed by atoms with Gasteiger partial charge in [-0.1, -0.05) is 30.3 Å². The number of thioether (sulfide) groups is 1. The molecule has 11 nitrogen and oxygen atoms in total. The monoisotopic (exact) mass is 484 g/mol. The summed E-state index contributed by atoms with van der Waals surface area (Å²) in [5.74, 6) is -2.20. The summed E-state index contributed by atoms with van der Waals surface area (Å²) >= 11 is 1.31. The average Bonchev–Trinajstić information content (AvgIpc) is 3.29. The van der Waals surface area contributed by atoms with E-state index in [0.717, 1.165) is 4.90 Å². The first kappa shape index (κ1) is 25.3. The Balaban J connectivity index is 0.00000306. The summed E-state index contributed by atoms with van der Waals surface area (Å²) < 4.78 is -0.720. The Bertz CT molecular complexity index is 992. The van der Waals surface area contributed by atoms with Crippen molar-refractivity contribution in [1.29, 1.82) is 0 Å². The smallest absolute Gasteiger partial charge is 0.480 e. The number of aliphatic carboxylic acids is 1. The van der Waals surface area contributed by atoms with Gasteiger partial charge in [-0.2, -0.15) is 0 Å². The van der Waals surface area contributed by atoms with Crippen molar-refractivity contribution >= 4 is 41.6 Å². The van der Waals surface area contributed by atoms with E-state index < -0.39 is 58.1 Å². The Labute approximate surface area is 216 Å². The SMILES string of the molecule is CC1(C)SC2C(NC(=O)[C@H](NC(=O)N3CCNC3=O)c3ccccc3)C(=O)N2C1C(=O)O.[Na+]. The number of nitrogens with one attached hydrogen (secondary N) is 3. The number of carbonyl (C=O) groups excluding carboxylic acids is 4. The number of fused-ring (bicyclic) bond motifs is 1. The molecule has 4 N–H and O–H groups in total. The summed E-state index contributed by atoms with van der Waals surface area (Å²) in [5, 5.41) is 16.8. The second kappa shape index (κ2) is 9.53. The number of rotatable bonds is 5. The van der Waals surface area contributed by atoms with E-state index in [9.17, 15) is 29.1 Å². The van der Waals surface area contributed by atoms with Gasteiger partial charge in [-0.25, -0.2) is 19.3 Å². The van der Waals surface area contributed by atoms with Crippen LogP contribution in [-0.4, -0.2) is 80.0 Å². The largest absolute Gasteiger partial charge is 1.00 e. The first-order chi connectivity index (χ1) is 15.1. The number of carbonyl (C=O) groups is 5. The van der Waals surface area contributed by atoms with Crippen LogP contribution in [0.1, 0.15) is 25.5 Å². The van der Waals surface area contributed by atoms with Crippen LogP contribution in [0.5, 0.6) is 0 Å². The molecule has 0 radical (unpaired) electrons. The van der Waals surface area contributed by atoms with Gasteiger partial charge < -0.3 is 26.0 Å². The third-order valence-electron chi connectivity index (χ3n) is 5.74. The summed E-state index contributed by atoms with van der Waals surface area (Å²) in [4.78, 5) is 64.2. The van der Waals surface area contributed by atoms with Gasteiger partial charge in [0.15, 0.2) is 0 Å². The Morgan fingerprint density at radius 1 is 1.21 bits per heavy atom. The molecule has 33 heavy (non-hydrogen) atoms. The molecule has 3 aliphatic heterocycles. The molecule has 170 valence electrons. The van der Waals surface area contributed by atoms with Gasteiger partial charge in [0.1, 0.15) is 23.5 Å². The number of hydrogen-bond acceptors (Lipinski definition) is 6. The second-order valence-corrected chi connectivity index (χ2v) is 10.0. The molecule has 3 saturated heterocycles. The Morgan fingerprint density at radius 3 is 2.45 bits per heavy atom. The van der Waals surface area contributed by atoms with Crippen LogP contribution < -0.4 is 45.5 Å². The standard InChI is InChI=1S/C20H23N5O6S.Na/c1-20(2)13(17(28)29)25-15(27)12(16(25)32-20)22-14(26)11(10-6-4-3-5-7-10)23-19(31)24-9-8-21-18(24)30;/h3-7,11-13,16H,8-9H2,1-2H3,(H,21,30)(H,22,26)(H,23,31)(H,28,29);/q;+1/t11-,12?,13?,16?;/m1./s1. The number of nitrogens with zero attached hydrogens (tertiary/aromatic N) is 2. The van der Waals surface area contributed by atoms with Crippen molar-refractivity contribution in [2.24, 2.45) is 0 Å². The molecular formula is C20H23N5NaO6S+. The molecule has 3 aliphatic rings. The van der Waals surface area contributed by atoms with E-state index in [2.05, 4.69) is 16.0 Å². The fraction of sp³-hybridized carbons (Fsp3) is 0.450. The summed E-state index contributed by atoms with van der Waals surface area (Å²) in [6, 6.07) is 4.14. The maximum Gasteiger partial charge on any atom is 1.00 e. The molecule has 4 atom stereocenters. The zero-order chi connectivity index (χ0) is 23.2. The van der Waals surface area contributed by atoms with E-state index in [1.807, 2.05) is 0 Å². The molecule has 0 saturated carbocycles. The van der Waals surface area contributed by atoms with Gasteiger partial charge in [0, 0.05) is 17.8 Å². The summed E-state index contributed by atoms with van der Waals surface area (Å²) in [5.41, 5.74) is 0.476. The van der Waals surface area contributed by atoms with Crippen molar-refractivity contribution < 1.29 is 58.6 Å². The zero-order valence-corrected chi connectivity index (χ0v) is 21.2. The van der Waals surface area contributed by atoms with Crippen LogP contribution in [-0.2, 0) is 14.4 Å². The van der Waals surface area contributed by atoms with E-state index in [-0.39, 0.29) is 36.1 Å². The molecule has 6 amide bonds. The number of hydrogen-bond donors (Lipinski definition) is 4. The average molecular weight is 484 g/mol. The molecule has 0 aliphatic carbocycles. The molecule has 3 unspecified atom stereocenters. The Hall–Kier alpha value is -2.28. The number of carboxylic acid groups (broad SMARTS) is 1. The van der Waals surface area contributed by atoms with Crippen molar-refractivity contribution in [1.82, 2.24) is 25.8 Å². The molecule has 1 aromatic rings. The van der Waals surface area contributed by atoms with E-state index >= 15 is 0 Å². The number of amides is 6. The fourth-order valence-electron chi connectivity index (χ4n) is 4.19. The number of urea groups is 2. The van der Waals surface area contributed by atoms with Crippen molar-refractivity contribution in [3.05, 3.63) is 35.9 Å². The van der Waals surface area contributed by atoms with Crippen molar-refractivity contribution in [3.8, 4) is 0 Å². The molecule has 0 spiro atoms. The predicted molar refractivity (Wildman–Crippen MR) is 113 cm³/mol. The molecule has 0 aromatic heterocycles. The molecule has 13 heteroatoms. The van der Waals surface area contributed by atoms with Gasteiger partial charge in [-0.3, -0.25) is 9.59 Å². The van der Waals surface area contributed by atoms with E-state index in [4.69, 9.17) is 0 Å². The van der Waals surface area contributed by atoms with E-state index in [1.165, 1.54) is 16.7 Å². The van der Waals surface area contributed by atoms with Crippen molar-refractivity contribution in [3.63, 3.8) is 0 Å². The van der Waals surface area contributed by atoms with Crippen LogP contribution in [0.15, 0.2) is 30.3 Å². The molecule has 3 heterocycles. The van der Waals surface area contributed by atoms with Crippen molar-refractivity contribution in [2.75, 3.05) is 13.1 Å². The van der Waals surface area contributed by atoms with Crippen LogP contribution >= 0.6 is 11.8 Å². The minimum absolute atomic E-state index is 0. The number of β-lactam (4-membered cyclic amide) rings is 1. The molecule has 1 aromatic carbocycles. The topological polar surface area (TPSA) is 148 Å². The summed E-state index contributed by atoms with van der Waals surface area (Å²) in [7, 11) is 0. The predicted octanol–water partition coefficient (Wildman–Crippen LogP) is -2.90. The van der Waals surface area contributed by atoms with Crippen LogP contribution in [0.2, 0.25) is 0 Å². The zero-order valence-electron chi connectivity index (χ0n) is 18.4. The van der Waals surface area contributed by atoms with Gasteiger partial charge in [-0.05, 0) is 19.4 Å². The van der Waals surface area contributed by atoms with Crippen LogP contribution in [0.25, 0.3) is 0 Å². The van der Waals surface area contributed by atoms with Crippen LogP contribution in [0.3, 0.4) is 0 Å². The maximum atomic E-state index is 13.1. The third kappa shape index (κ3) is 4.57. The molecule has 3 fully saturated rings. The first-order valence-electron chi connectivity index (χ1n) is 10.1. The number of imide groups is 1. The molecule has 0 bridgehead atoms. The van der Waals surface area contributed by atoms with Gasteiger partial charge in [0.25, 0.3) is 0 Å². The van der Waals surface area contributed by atoms with E-state index in [1.54, 1.807) is 44.2 Å². The molecule has 4 rings (SSSR count). The summed E-state index contributed by atoms with van der Waals surface area (Å²) in [6.07, 6.45) is 0. The fourth-order valence-corrected chi connectivity index (χ4v) is 5.82. The number of benzene rings is 1. The van der Waals surface area contributed by atoms with Gasteiger partial charge in [0.05, 0.1) is 0 Å². The minimum Gasteiger partial charge on any atom is -0.480 e. The quantitative estimate of drug-likeness (QED) is 0.259. The van der Waals surface area contributed by atoms with Gasteiger partial charge in [0.2, 0.25) is 11.8 Å². The van der Waals surface area contributed by atoms with Crippen LogP contribution in [0, 0.1) is 0 Å². The van der Waals surface area contributed by atoms with Crippen LogP contribution in [0.4, 0.5) is 9.59 Å². The van der Waals surface area contributed by atoms with E-state index in [0.29, 0.717) is 12.1 Å². The number of carboxylic acids is 1.